The number of benzene rings is 1. The first kappa shape index (κ1) is 13.2. The van der Waals surface area contributed by atoms with Crippen molar-refractivity contribution in [1.29, 1.82) is 0 Å². The van der Waals surface area contributed by atoms with Crippen molar-refractivity contribution in [1.82, 2.24) is 9.88 Å². The second-order valence-corrected chi connectivity index (χ2v) is 4.86. The van der Waals surface area contributed by atoms with E-state index in [0.717, 1.165) is 16.9 Å². The monoisotopic (exact) mass is 284 g/mol. The molecule has 1 aromatic carbocycles. The molecule has 0 spiro atoms. The minimum atomic E-state index is -0.170. The minimum Gasteiger partial charge on any atom is -0.497 e. The number of amides is 2. The third kappa shape index (κ3) is 2.60. The van der Waals surface area contributed by atoms with Gasteiger partial charge in [0, 0.05) is 24.0 Å². The Morgan fingerprint density at radius 3 is 2.81 bits per heavy atom. The number of anilines is 2. The summed E-state index contributed by atoms with van der Waals surface area (Å²) in [4.78, 5) is 17.9. The van der Waals surface area contributed by atoms with Gasteiger partial charge in [-0.1, -0.05) is 12.1 Å². The van der Waals surface area contributed by atoms with Gasteiger partial charge in [-0.15, -0.1) is 0 Å². The molecule has 0 unspecified atom stereocenters. The molecule has 2 amide bonds. The largest absolute Gasteiger partial charge is 0.497 e. The Balaban J connectivity index is 1.80. The number of hydrogen-bond acceptors (Lipinski definition) is 4. The van der Waals surface area contributed by atoms with E-state index in [1.54, 1.807) is 24.3 Å². The third-order valence-corrected chi connectivity index (χ3v) is 3.49. The number of hydrogen-bond donors (Lipinski definition) is 2. The number of nitrogens with one attached hydrogen (secondary N) is 1. The van der Waals surface area contributed by atoms with Gasteiger partial charge in [0.15, 0.2) is 0 Å². The highest BCUT2D eigenvalue weighted by molar-refractivity contribution is 5.92. The number of methoxy groups -OCH3 is 1. The van der Waals surface area contributed by atoms with Gasteiger partial charge in [-0.25, -0.2) is 9.78 Å². The number of rotatable bonds is 3. The van der Waals surface area contributed by atoms with Crippen molar-refractivity contribution < 1.29 is 9.53 Å². The van der Waals surface area contributed by atoms with Crippen LogP contribution in [0.2, 0.25) is 0 Å². The van der Waals surface area contributed by atoms with Gasteiger partial charge < -0.3 is 15.4 Å². The number of urea groups is 1. The van der Waals surface area contributed by atoms with Crippen LogP contribution in [0, 0.1) is 0 Å². The van der Waals surface area contributed by atoms with E-state index in [9.17, 15) is 4.79 Å². The maximum atomic E-state index is 12.1. The molecule has 2 aromatic rings. The summed E-state index contributed by atoms with van der Waals surface area (Å²) in [5.74, 6) is 1.34. The second-order valence-electron chi connectivity index (χ2n) is 4.86. The van der Waals surface area contributed by atoms with E-state index in [1.165, 1.54) is 0 Å². The van der Waals surface area contributed by atoms with Gasteiger partial charge in [-0.2, -0.15) is 0 Å². The Morgan fingerprint density at radius 1 is 1.33 bits per heavy atom. The fraction of sp³-hybridized carbons (Fsp3) is 0.200. The molecule has 0 atom stereocenters. The SMILES string of the molecule is COc1ccc(CN2Cc3c(N)ccnc3NC2=O)cc1. The molecule has 108 valence electrons. The summed E-state index contributed by atoms with van der Waals surface area (Å²) in [6.45, 7) is 0.955. The van der Waals surface area contributed by atoms with Crippen molar-refractivity contribution in [3.63, 3.8) is 0 Å². The van der Waals surface area contributed by atoms with Gasteiger partial charge in [-0.3, -0.25) is 5.32 Å². The predicted octanol–water partition coefficient (Wildman–Crippen LogP) is 2.22. The standard InChI is InChI=1S/C15H16N4O2/c1-21-11-4-2-10(3-5-11)8-19-9-12-13(16)6-7-17-14(12)18-15(19)20/h2-7H,8-9H2,1H3,(H3,16,17,18,20). The molecule has 0 radical (unpaired) electrons. The minimum absolute atomic E-state index is 0.170. The number of nitrogens with zero attached hydrogens (tertiary/aromatic N) is 2. The lowest BCUT2D eigenvalue weighted by atomic mass is 10.1. The molecule has 6 heteroatoms. The lowest BCUT2D eigenvalue weighted by Crippen LogP contribution is -2.38. The molecule has 1 aromatic heterocycles. The second kappa shape index (κ2) is 5.32. The first-order chi connectivity index (χ1) is 10.2. The molecular formula is C15H16N4O2. The summed E-state index contributed by atoms with van der Waals surface area (Å²) < 4.78 is 5.12. The quantitative estimate of drug-likeness (QED) is 0.905. The van der Waals surface area contributed by atoms with Crippen molar-refractivity contribution in [3.05, 3.63) is 47.7 Å². The zero-order chi connectivity index (χ0) is 14.8. The van der Waals surface area contributed by atoms with Gasteiger partial charge in [0.05, 0.1) is 13.7 Å². The van der Waals surface area contributed by atoms with Crippen LogP contribution >= 0.6 is 0 Å². The molecule has 0 aliphatic carbocycles. The van der Waals surface area contributed by atoms with E-state index >= 15 is 0 Å². The Kier molecular flexibility index (Phi) is 3.35. The fourth-order valence-corrected chi connectivity index (χ4v) is 2.30. The number of aromatic nitrogens is 1. The molecule has 6 nitrogen and oxygen atoms in total. The third-order valence-electron chi connectivity index (χ3n) is 3.49. The summed E-state index contributed by atoms with van der Waals surface area (Å²) >= 11 is 0. The van der Waals surface area contributed by atoms with Gasteiger partial charge >= 0.3 is 6.03 Å². The molecule has 2 heterocycles. The molecule has 0 fully saturated rings. The molecule has 0 saturated carbocycles. The van der Waals surface area contributed by atoms with E-state index in [4.69, 9.17) is 10.5 Å². The average Bonchev–Trinajstić information content (AvgIpc) is 2.50. The number of carbonyl (C=O) groups is 1. The van der Waals surface area contributed by atoms with Crippen LogP contribution in [-0.2, 0) is 13.1 Å². The normalized spacial score (nSPS) is 13.6. The lowest BCUT2D eigenvalue weighted by molar-refractivity contribution is 0.204. The lowest BCUT2D eigenvalue weighted by Gasteiger charge is -2.29. The van der Waals surface area contributed by atoms with Gasteiger partial charge in [-0.05, 0) is 23.8 Å². The van der Waals surface area contributed by atoms with Crippen LogP contribution < -0.4 is 15.8 Å². The highest BCUT2D eigenvalue weighted by Crippen LogP contribution is 2.27. The molecular weight excluding hydrogens is 268 g/mol. The number of ether oxygens (including phenoxy) is 1. The molecule has 1 aliphatic heterocycles. The summed E-state index contributed by atoms with van der Waals surface area (Å²) in [6.07, 6.45) is 1.59. The molecule has 3 rings (SSSR count). The fourth-order valence-electron chi connectivity index (χ4n) is 2.30. The molecule has 1 aliphatic rings. The molecule has 21 heavy (non-hydrogen) atoms. The Labute approximate surface area is 122 Å². The van der Waals surface area contributed by atoms with Crippen LogP contribution in [0.5, 0.6) is 5.75 Å². The highest BCUT2D eigenvalue weighted by atomic mass is 16.5. The predicted molar refractivity (Wildman–Crippen MR) is 79.9 cm³/mol. The van der Waals surface area contributed by atoms with Gasteiger partial charge in [0.2, 0.25) is 0 Å². The van der Waals surface area contributed by atoms with Crippen LogP contribution in [0.1, 0.15) is 11.1 Å². The summed E-state index contributed by atoms with van der Waals surface area (Å²) in [6, 6.07) is 9.20. The van der Waals surface area contributed by atoms with Crippen LogP contribution in [0.4, 0.5) is 16.3 Å². The van der Waals surface area contributed by atoms with Crippen molar-refractivity contribution >= 4 is 17.5 Å². The Bertz CT molecular complexity index is 670. The maximum Gasteiger partial charge on any atom is 0.323 e. The summed E-state index contributed by atoms with van der Waals surface area (Å²) in [5, 5.41) is 2.76. The number of nitrogens with two attached hydrogens (primary N) is 1. The zero-order valence-corrected chi connectivity index (χ0v) is 11.7. The van der Waals surface area contributed by atoms with Crippen molar-refractivity contribution in [2.75, 3.05) is 18.2 Å². The smallest absolute Gasteiger partial charge is 0.323 e. The summed E-state index contributed by atoms with van der Waals surface area (Å²) in [5.41, 5.74) is 8.46. The Morgan fingerprint density at radius 2 is 2.10 bits per heavy atom. The van der Waals surface area contributed by atoms with E-state index in [-0.39, 0.29) is 6.03 Å². The van der Waals surface area contributed by atoms with Gasteiger partial charge in [0.25, 0.3) is 0 Å². The topological polar surface area (TPSA) is 80.5 Å². The number of pyridine rings is 1. The number of carbonyl (C=O) groups excluding carboxylic acids is 1. The van der Waals surface area contributed by atoms with Crippen LogP contribution in [-0.4, -0.2) is 23.0 Å². The van der Waals surface area contributed by atoms with Crippen molar-refractivity contribution in [2.45, 2.75) is 13.1 Å². The van der Waals surface area contributed by atoms with E-state index < -0.39 is 0 Å². The molecule has 0 saturated heterocycles. The first-order valence-corrected chi connectivity index (χ1v) is 6.59. The average molecular weight is 284 g/mol. The Hall–Kier alpha value is -2.76. The molecule has 0 bridgehead atoms. The van der Waals surface area contributed by atoms with Crippen LogP contribution in [0.15, 0.2) is 36.5 Å². The van der Waals surface area contributed by atoms with Crippen LogP contribution in [0.3, 0.4) is 0 Å². The zero-order valence-electron chi connectivity index (χ0n) is 11.7. The van der Waals surface area contributed by atoms with E-state index in [2.05, 4.69) is 10.3 Å². The van der Waals surface area contributed by atoms with Crippen molar-refractivity contribution in [2.24, 2.45) is 0 Å². The van der Waals surface area contributed by atoms with Gasteiger partial charge in [0.1, 0.15) is 11.6 Å². The van der Waals surface area contributed by atoms with Crippen molar-refractivity contribution in [3.8, 4) is 5.75 Å². The first-order valence-electron chi connectivity index (χ1n) is 6.59. The number of fused-ring (bicyclic) bond motifs is 1. The summed E-state index contributed by atoms with van der Waals surface area (Å²) in [7, 11) is 1.62. The molecule has 3 N–H and O–H groups in total. The van der Waals surface area contributed by atoms with E-state index in [1.807, 2.05) is 24.3 Å². The highest BCUT2D eigenvalue weighted by Gasteiger charge is 2.24. The number of nitrogen functional groups attached to an aromatic ring is 1. The van der Waals surface area contributed by atoms with Crippen LogP contribution in [0.25, 0.3) is 0 Å². The van der Waals surface area contributed by atoms with E-state index in [0.29, 0.717) is 24.6 Å². The maximum absolute atomic E-state index is 12.1.